The fourth-order valence-electron chi connectivity index (χ4n) is 3.07. The third-order valence-electron chi connectivity index (χ3n) is 4.65. The largest absolute Gasteiger partial charge is 0.393 e. The minimum atomic E-state index is -0.0864. The summed E-state index contributed by atoms with van der Waals surface area (Å²) in [4.78, 5) is 0. The molecule has 0 aliphatic rings. The standard InChI is InChI=1S/C22H45O/c1-5-6-7-8-9-10-11-12-13-14-15-16-18-21(23)19-17-20-22(2,3)4/h20-21,23H,5-19H2,1-4H3. The molecule has 0 saturated carbocycles. The normalized spacial score (nSPS) is 13.4. The van der Waals surface area contributed by atoms with E-state index in [0.29, 0.717) is 0 Å². The van der Waals surface area contributed by atoms with E-state index in [1.54, 1.807) is 0 Å². The van der Waals surface area contributed by atoms with E-state index >= 15 is 0 Å². The molecule has 0 aromatic rings. The van der Waals surface area contributed by atoms with Crippen molar-refractivity contribution < 1.29 is 5.11 Å². The van der Waals surface area contributed by atoms with Crippen LogP contribution in [0.15, 0.2) is 0 Å². The summed E-state index contributed by atoms with van der Waals surface area (Å²) in [5.74, 6) is 0. The molecule has 1 unspecified atom stereocenters. The minimum Gasteiger partial charge on any atom is -0.393 e. The molecule has 0 aliphatic carbocycles. The van der Waals surface area contributed by atoms with Gasteiger partial charge in [-0.25, -0.2) is 0 Å². The molecule has 0 spiro atoms. The van der Waals surface area contributed by atoms with Crippen molar-refractivity contribution in [3.63, 3.8) is 0 Å². The Morgan fingerprint density at radius 3 is 1.57 bits per heavy atom. The molecule has 0 fully saturated rings. The minimum absolute atomic E-state index is 0.0864. The zero-order valence-electron chi connectivity index (χ0n) is 16.7. The van der Waals surface area contributed by atoms with Crippen LogP contribution >= 0.6 is 0 Å². The molecule has 0 bridgehead atoms. The summed E-state index contributed by atoms with van der Waals surface area (Å²) in [6.07, 6.45) is 21.8. The molecule has 1 N–H and O–H groups in total. The monoisotopic (exact) mass is 325 g/mol. The van der Waals surface area contributed by atoms with E-state index < -0.39 is 0 Å². The van der Waals surface area contributed by atoms with Crippen molar-refractivity contribution >= 4 is 0 Å². The molecule has 0 heterocycles. The van der Waals surface area contributed by atoms with Crippen LogP contribution in [-0.2, 0) is 0 Å². The van der Waals surface area contributed by atoms with Crippen molar-refractivity contribution in [2.45, 2.75) is 130 Å². The number of aliphatic hydroxyl groups is 1. The van der Waals surface area contributed by atoms with Gasteiger partial charge < -0.3 is 5.11 Å². The molecule has 0 aliphatic heterocycles. The lowest BCUT2D eigenvalue weighted by atomic mass is 9.89. The van der Waals surface area contributed by atoms with Gasteiger partial charge in [0.15, 0.2) is 0 Å². The molecule has 0 saturated heterocycles. The Morgan fingerprint density at radius 2 is 1.13 bits per heavy atom. The first-order valence-electron chi connectivity index (χ1n) is 10.5. The highest BCUT2D eigenvalue weighted by molar-refractivity contribution is 4.81. The Kier molecular flexibility index (Phi) is 15.5. The average Bonchev–Trinajstić information content (AvgIpc) is 2.47. The van der Waals surface area contributed by atoms with Crippen molar-refractivity contribution in [2.24, 2.45) is 5.41 Å². The van der Waals surface area contributed by atoms with Crippen LogP contribution in [0.4, 0.5) is 0 Å². The van der Waals surface area contributed by atoms with Gasteiger partial charge in [0.25, 0.3) is 0 Å². The molecular weight excluding hydrogens is 280 g/mol. The Labute approximate surface area is 147 Å². The van der Waals surface area contributed by atoms with E-state index in [9.17, 15) is 5.11 Å². The first kappa shape index (κ1) is 23.0. The Morgan fingerprint density at radius 1 is 0.696 bits per heavy atom. The molecule has 139 valence electrons. The second-order valence-corrected chi connectivity index (χ2v) is 8.48. The fraction of sp³-hybridized carbons (Fsp3) is 0.955. The van der Waals surface area contributed by atoms with Gasteiger partial charge in [-0.1, -0.05) is 105 Å². The quantitative estimate of drug-likeness (QED) is 0.292. The van der Waals surface area contributed by atoms with Crippen molar-refractivity contribution in [2.75, 3.05) is 0 Å². The van der Waals surface area contributed by atoms with Crippen molar-refractivity contribution in [3.05, 3.63) is 6.42 Å². The van der Waals surface area contributed by atoms with Crippen molar-refractivity contribution in [3.8, 4) is 0 Å². The zero-order valence-corrected chi connectivity index (χ0v) is 16.7. The van der Waals surface area contributed by atoms with E-state index in [-0.39, 0.29) is 11.5 Å². The highest BCUT2D eigenvalue weighted by atomic mass is 16.3. The Hall–Kier alpha value is -0.0400. The summed E-state index contributed by atoms with van der Waals surface area (Å²) >= 11 is 0. The maximum Gasteiger partial charge on any atom is 0.0540 e. The number of unbranched alkanes of at least 4 members (excludes halogenated alkanes) is 11. The topological polar surface area (TPSA) is 20.2 Å². The maximum absolute atomic E-state index is 9.99. The molecule has 23 heavy (non-hydrogen) atoms. The highest BCUT2D eigenvalue weighted by Crippen LogP contribution is 2.22. The zero-order chi connectivity index (χ0) is 17.4. The second kappa shape index (κ2) is 15.5. The fourth-order valence-corrected chi connectivity index (χ4v) is 3.07. The van der Waals surface area contributed by atoms with E-state index in [4.69, 9.17) is 0 Å². The van der Waals surface area contributed by atoms with Gasteiger partial charge in [0.05, 0.1) is 6.10 Å². The van der Waals surface area contributed by atoms with E-state index in [2.05, 4.69) is 34.1 Å². The van der Waals surface area contributed by atoms with E-state index in [0.717, 1.165) is 19.3 Å². The summed E-state index contributed by atoms with van der Waals surface area (Å²) in [7, 11) is 0. The lowest BCUT2D eigenvalue weighted by Gasteiger charge is -2.18. The molecular formula is C22H45O. The van der Waals surface area contributed by atoms with Gasteiger partial charge in [-0.05, 0) is 31.1 Å². The molecule has 0 rings (SSSR count). The summed E-state index contributed by atoms with van der Waals surface area (Å²) in [6, 6.07) is 0. The Balaban J connectivity index is 3.17. The molecule has 1 radical (unpaired) electrons. The SMILES string of the molecule is CCCCCCCCCCCCCCC(O)CC[CH]C(C)(C)C. The van der Waals surface area contributed by atoms with Crippen LogP contribution in [0.25, 0.3) is 0 Å². The van der Waals surface area contributed by atoms with Gasteiger partial charge in [0, 0.05) is 0 Å². The predicted octanol–water partition coefficient (Wildman–Crippen LogP) is 7.47. The van der Waals surface area contributed by atoms with E-state index in [1.165, 1.54) is 77.0 Å². The third kappa shape index (κ3) is 19.9. The molecule has 0 aromatic carbocycles. The molecule has 1 heteroatoms. The number of hydrogen-bond donors (Lipinski definition) is 1. The van der Waals surface area contributed by atoms with Crippen LogP contribution in [0.1, 0.15) is 124 Å². The average molecular weight is 326 g/mol. The summed E-state index contributed by atoms with van der Waals surface area (Å²) in [6.45, 7) is 8.96. The second-order valence-electron chi connectivity index (χ2n) is 8.48. The van der Waals surface area contributed by atoms with Gasteiger partial charge in [0.2, 0.25) is 0 Å². The lowest BCUT2D eigenvalue weighted by Crippen LogP contribution is -2.10. The van der Waals surface area contributed by atoms with Gasteiger partial charge in [-0.15, -0.1) is 0 Å². The van der Waals surface area contributed by atoms with E-state index in [1.807, 2.05) is 0 Å². The van der Waals surface area contributed by atoms with Gasteiger partial charge >= 0.3 is 0 Å². The smallest absolute Gasteiger partial charge is 0.0540 e. The van der Waals surface area contributed by atoms with Gasteiger partial charge in [-0.3, -0.25) is 0 Å². The molecule has 0 amide bonds. The van der Waals surface area contributed by atoms with Crippen LogP contribution < -0.4 is 0 Å². The number of aliphatic hydroxyl groups excluding tert-OH is 1. The van der Waals surface area contributed by atoms with Crippen molar-refractivity contribution in [1.29, 1.82) is 0 Å². The van der Waals surface area contributed by atoms with Gasteiger partial charge in [-0.2, -0.15) is 0 Å². The number of rotatable bonds is 16. The van der Waals surface area contributed by atoms with Crippen LogP contribution in [0.5, 0.6) is 0 Å². The van der Waals surface area contributed by atoms with Crippen LogP contribution in [0.2, 0.25) is 0 Å². The summed E-state index contributed by atoms with van der Waals surface area (Å²) in [5.41, 5.74) is 0.287. The first-order valence-corrected chi connectivity index (χ1v) is 10.5. The summed E-state index contributed by atoms with van der Waals surface area (Å²) < 4.78 is 0. The molecule has 1 atom stereocenters. The maximum atomic E-state index is 9.99. The van der Waals surface area contributed by atoms with Crippen molar-refractivity contribution in [1.82, 2.24) is 0 Å². The number of hydrogen-bond acceptors (Lipinski definition) is 1. The Bertz CT molecular complexity index is 229. The predicted molar refractivity (Wildman–Crippen MR) is 105 cm³/mol. The van der Waals surface area contributed by atoms with Crippen LogP contribution in [-0.4, -0.2) is 11.2 Å². The molecule has 0 aromatic heterocycles. The summed E-state index contributed by atoms with van der Waals surface area (Å²) in [5, 5.41) is 9.99. The molecule has 1 nitrogen and oxygen atoms in total. The first-order chi connectivity index (χ1) is 11.0. The lowest BCUT2D eigenvalue weighted by molar-refractivity contribution is 0.149. The van der Waals surface area contributed by atoms with Gasteiger partial charge in [0.1, 0.15) is 0 Å². The third-order valence-corrected chi connectivity index (χ3v) is 4.65. The highest BCUT2D eigenvalue weighted by Gasteiger charge is 2.11. The van der Waals surface area contributed by atoms with Crippen LogP contribution in [0, 0.1) is 11.8 Å². The van der Waals surface area contributed by atoms with Crippen LogP contribution in [0.3, 0.4) is 0 Å².